The molecule has 0 saturated heterocycles. The molecular weight excluding hydrogens is 270 g/mol. The highest BCUT2D eigenvalue weighted by molar-refractivity contribution is 6.04. The predicted octanol–water partition coefficient (Wildman–Crippen LogP) is 2.93. The quantitative estimate of drug-likeness (QED) is 0.771. The standard InChI is InChI=1S/C15H13N3O3/c1-20-13-6-3-2-5-10(13)16-15(19)12-9-11(17-18-12)14-7-4-8-21-14/h2-9H,1H3,(H,16,19)(H,17,18). The van der Waals surface area contributed by atoms with Crippen molar-refractivity contribution < 1.29 is 13.9 Å². The summed E-state index contributed by atoms with van der Waals surface area (Å²) in [5.74, 6) is 0.889. The fraction of sp³-hybridized carbons (Fsp3) is 0.0667. The van der Waals surface area contributed by atoms with Crippen molar-refractivity contribution in [1.29, 1.82) is 0 Å². The van der Waals surface area contributed by atoms with Crippen LogP contribution >= 0.6 is 0 Å². The van der Waals surface area contributed by atoms with Crippen LogP contribution in [0.25, 0.3) is 11.5 Å². The van der Waals surface area contributed by atoms with Gasteiger partial charge in [0.15, 0.2) is 11.5 Å². The molecule has 0 unspecified atom stereocenters. The maximum Gasteiger partial charge on any atom is 0.276 e. The van der Waals surface area contributed by atoms with Crippen molar-refractivity contribution in [2.75, 3.05) is 12.4 Å². The van der Waals surface area contributed by atoms with E-state index in [2.05, 4.69) is 15.5 Å². The predicted molar refractivity (Wildman–Crippen MR) is 77.2 cm³/mol. The summed E-state index contributed by atoms with van der Waals surface area (Å²) in [6.45, 7) is 0. The van der Waals surface area contributed by atoms with Gasteiger partial charge in [0.2, 0.25) is 0 Å². The molecule has 6 heteroatoms. The van der Waals surface area contributed by atoms with Crippen LogP contribution in [0, 0.1) is 0 Å². The Hall–Kier alpha value is -3.02. The van der Waals surface area contributed by atoms with E-state index in [9.17, 15) is 4.79 Å². The molecule has 2 aromatic heterocycles. The third-order valence-electron chi connectivity index (χ3n) is 2.95. The van der Waals surface area contributed by atoms with E-state index in [0.717, 1.165) is 0 Å². The van der Waals surface area contributed by atoms with Crippen LogP contribution in [-0.4, -0.2) is 23.2 Å². The highest BCUT2D eigenvalue weighted by Gasteiger charge is 2.14. The molecule has 0 fully saturated rings. The first kappa shape index (κ1) is 13.0. The average molecular weight is 283 g/mol. The van der Waals surface area contributed by atoms with Crippen molar-refractivity contribution >= 4 is 11.6 Å². The number of ether oxygens (including phenoxy) is 1. The van der Waals surface area contributed by atoms with Gasteiger partial charge in [-0.05, 0) is 24.3 Å². The van der Waals surface area contributed by atoms with Crippen molar-refractivity contribution in [3.63, 3.8) is 0 Å². The number of carbonyl (C=O) groups is 1. The first-order valence-electron chi connectivity index (χ1n) is 6.31. The number of hydrogen-bond donors (Lipinski definition) is 2. The second-order valence-electron chi connectivity index (χ2n) is 4.30. The summed E-state index contributed by atoms with van der Waals surface area (Å²) in [5, 5.41) is 9.51. The molecule has 0 aliphatic carbocycles. The molecule has 0 aliphatic rings. The molecule has 21 heavy (non-hydrogen) atoms. The minimum Gasteiger partial charge on any atom is -0.495 e. The van der Waals surface area contributed by atoms with E-state index in [-0.39, 0.29) is 11.6 Å². The zero-order chi connectivity index (χ0) is 14.7. The highest BCUT2D eigenvalue weighted by Crippen LogP contribution is 2.24. The molecule has 3 aromatic rings. The Balaban J connectivity index is 1.80. The van der Waals surface area contributed by atoms with Gasteiger partial charge in [-0.15, -0.1) is 0 Å². The van der Waals surface area contributed by atoms with Crippen LogP contribution in [0.15, 0.2) is 53.1 Å². The molecule has 0 radical (unpaired) electrons. The number of aromatic nitrogens is 2. The molecule has 2 N–H and O–H groups in total. The largest absolute Gasteiger partial charge is 0.495 e. The van der Waals surface area contributed by atoms with E-state index in [0.29, 0.717) is 22.9 Å². The van der Waals surface area contributed by atoms with Gasteiger partial charge in [-0.25, -0.2) is 0 Å². The number of nitrogens with zero attached hydrogens (tertiary/aromatic N) is 1. The Morgan fingerprint density at radius 2 is 2.14 bits per heavy atom. The molecule has 0 atom stereocenters. The third-order valence-corrected chi connectivity index (χ3v) is 2.95. The fourth-order valence-corrected chi connectivity index (χ4v) is 1.93. The zero-order valence-electron chi connectivity index (χ0n) is 11.3. The van der Waals surface area contributed by atoms with E-state index >= 15 is 0 Å². The lowest BCUT2D eigenvalue weighted by atomic mass is 10.2. The zero-order valence-corrected chi connectivity index (χ0v) is 11.3. The van der Waals surface area contributed by atoms with Gasteiger partial charge in [-0.2, -0.15) is 5.10 Å². The van der Waals surface area contributed by atoms with Gasteiger partial charge in [-0.3, -0.25) is 9.89 Å². The highest BCUT2D eigenvalue weighted by atomic mass is 16.5. The maximum atomic E-state index is 12.2. The Morgan fingerprint density at radius 1 is 1.29 bits per heavy atom. The molecule has 1 amide bonds. The van der Waals surface area contributed by atoms with Crippen LogP contribution in [-0.2, 0) is 0 Å². The Labute approximate surface area is 120 Å². The average Bonchev–Trinajstić information content (AvgIpc) is 3.18. The minimum atomic E-state index is -0.325. The van der Waals surface area contributed by atoms with Gasteiger partial charge in [0, 0.05) is 6.07 Å². The first-order valence-corrected chi connectivity index (χ1v) is 6.31. The van der Waals surface area contributed by atoms with Crippen LogP contribution in [0.1, 0.15) is 10.5 Å². The molecule has 1 aromatic carbocycles. The molecule has 2 heterocycles. The normalized spacial score (nSPS) is 10.3. The topological polar surface area (TPSA) is 80.1 Å². The van der Waals surface area contributed by atoms with Gasteiger partial charge in [0.25, 0.3) is 5.91 Å². The number of furan rings is 1. The van der Waals surface area contributed by atoms with E-state index in [4.69, 9.17) is 9.15 Å². The van der Waals surface area contributed by atoms with E-state index in [1.54, 1.807) is 43.7 Å². The summed E-state index contributed by atoms with van der Waals surface area (Å²) in [6.07, 6.45) is 1.56. The van der Waals surface area contributed by atoms with Gasteiger partial charge < -0.3 is 14.5 Å². The lowest BCUT2D eigenvalue weighted by Crippen LogP contribution is -2.13. The van der Waals surface area contributed by atoms with Crippen molar-refractivity contribution in [2.24, 2.45) is 0 Å². The Morgan fingerprint density at radius 3 is 2.90 bits per heavy atom. The Bertz CT molecular complexity index is 747. The lowest BCUT2D eigenvalue weighted by Gasteiger charge is -2.08. The van der Waals surface area contributed by atoms with Gasteiger partial charge >= 0.3 is 0 Å². The van der Waals surface area contributed by atoms with Crippen LogP contribution in [0.5, 0.6) is 5.75 Å². The Kier molecular flexibility index (Phi) is 3.42. The molecule has 0 spiro atoms. The minimum absolute atomic E-state index is 0.271. The second kappa shape index (κ2) is 5.54. The number of H-pyrrole nitrogens is 1. The molecule has 0 saturated carbocycles. The number of nitrogens with one attached hydrogen (secondary N) is 2. The summed E-state index contributed by atoms with van der Waals surface area (Å²) < 4.78 is 10.4. The summed E-state index contributed by atoms with van der Waals surface area (Å²) in [6, 6.07) is 12.4. The monoisotopic (exact) mass is 283 g/mol. The number of benzene rings is 1. The summed E-state index contributed by atoms with van der Waals surface area (Å²) >= 11 is 0. The number of hydrogen-bond acceptors (Lipinski definition) is 4. The number of methoxy groups -OCH3 is 1. The summed E-state index contributed by atoms with van der Waals surface area (Å²) in [4.78, 5) is 12.2. The third kappa shape index (κ3) is 2.64. The van der Waals surface area contributed by atoms with Crippen molar-refractivity contribution in [2.45, 2.75) is 0 Å². The molecule has 0 bridgehead atoms. The number of aromatic amines is 1. The molecule has 3 rings (SSSR count). The lowest BCUT2D eigenvalue weighted by molar-refractivity contribution is 0.102. The second-order valence-corrected chi connectivity index (χ2v) is 4.30. The van der Waals surface area contributed by atoms with E-state index in [1.807, 2.05) is 12.1 Å². The van der Waals surface area contributed by atoms with Crippen LogP contribution in [0.2, 0.25) is 0 Å². The van der Waals surface area contributed by atoms with E-state index in [1.165, 1.54) is 0 Å². The number of para-hydroxylation sites is 2. The summed E-state index contributed by atoms with van der Waals surface area (Å²) in [5.41, 5.74) is 1.50. The van der Waals surface area contributed by atoms with Crippen molar-refractivity contribution in [1.82, 2.24) is 10.2 Å². The number of anilines is 1. The number of amides is 1. The van der Waals surface area contributed by atoms with Crippen LogP contribution in [0.4, 0.5) is 5.69 Å². The van der Waals surface area contributed by atoms with Gasteiger partial charge in [0.1, 0.15) is 11.4 Å². The first-order chi connectivity index (χ1) is 10.3. The van der Waals surface area contributed by atoms with Gasteiger partial charge in [-0.1, -0.05) is 12.1 Å². The molecule has 6 nitrogen and oxygen atoms in total. The number of carbonyl (C=O) groups excluding carboxylic acids is 1. The molecule has 0 aliphatic heterocycles. The molecular formula is C15H13N3O3. The number of rotatable bonds is 4. The van der Waals surface area contributed by atoms with Crippen LogP contribution in [0.3, 0.4) is 0 Å². The smallest absolute Gasteiger partial charge is 0.276 e. The fourth-order valence-electron chi connectivity index (χ4n) is 1.93. The summed E-state index contributed by atoms with van der Waals surface area (Å²) in [7, 11) is 1.55. The molecule has 106 valence electrons. The van der Waals surface area contributed by atoms with Crippen molar-refractivity contribution in [3.8, 4) is 17.2 Å². The van der Waals surface area contributed by atoms with Crippen molar-refractivity contribution in [3.05, 3.63) is 54.4 Å². The van der Waals surface area contributed by atoms with Crippen LogP contribution < -0.4 is 10.1 Å². The maximum absolute atomic E-state index is 12.2. The SMILES string of the molecule is COc1ccccc1NC(=O)c1cc(-c2ccco2)[nH]n1. The van der Waals surface area contributed by atoms with E-state index < -0.39 is 0 Å². The van der Waals surface area contributed by atoms with Gasteiger partial charge in [0.05, 0.1) is 19.1 Å².